The van der Waals surface area contributed by atoms with Crippen molar-refractivity contribution in [3.8, 4) is 40.2 Å². The van der Waals surface area contributed by atoms with Crippen molar-refractivity contribution in [1.29, 1.82) is 5.26 Å². The number of nitrogens with zero attached hydrogens (tertiary/aromatic N) is 6. The van der Waals surface area contributed by atoms with E-state index in [1.54, 1.807) is 46.5 Å². The van der Waals surface area contributed by atoms with Gasteiger partial charge in [0, 0.05) is 94.3 Å². The Hall–Kier alpha value is -7.78. The number of piperidine rings is 2. The van der Waals surface area contributed by atoms with Crippen LogP contribution in [0.2, 0.25) is 10.0 Å². The molecule has 2 aliphatic rings. The Balaban J connectivity index is 1.01. The molecule has 2 amide bonds. The molecule has 4 aromatic carbocycles. The van der Waals surface area contributed by atoms with Gasteiger partial charge in [-0.3, -0.25) is 29.1 Å². The van der Waals surface area contributed by atoms with Gasteiger partial charge in [0.25, 0.3) is 11.8 Å². The molecule has 0 unspecified atom stereocenters. The molecule has 70 heavy (non-hydrogen) atoms. The minimum Gasteiger partial charge on any atom is -0.488 e. The summed E-state index contributed by atoms with van der Waals surface area (Å²) in [6.45, 7) is 12.9. The number of likely N-dealkylation sites (tertiary alicyclic amines) is 2. The van der Waals surface area contributed by atoms with E-state index in [9.17, 15) is 24.4 Å². The average molecular weight is 978 g/mol. The lowest BCUT2D eigenvalue weighted by molar-refractivity contribution is -0.121. The van der Waals surface area contributed by atoms with Crippen LogP contribution in [0.5, 0.6) is 23.0 Å². The summed E-state index contributed by atoms with van der Waals surface area (Å²) in [5.41, 5.74) is 8.09. The topological polar surface area (TPSA) is 166 Å². The molecule has 354 valence electrons. The number of benzene rings is 4. The summed E-state index contributed by atoms with van der Waals surface area (Å²) in [6, 6.07) is 23.6. The summed E-state index contributed by atoms with van der Waals surface area (Å²) in [5.74, 6) is 0.642. The van der Waals surface area contributed by atoms with Crippen molar-refractivity contribution in [1.82, 2.24) is 19.8 Å². The van der Waals surface area contributed by atoms with Gasteiger partial charge in [-0.25, -0.2) is 4.85 Å². The van der Waals surface area contributed by atoms with Crippen molar-refractivity contribution in [2.24, 2.45) is 0 Å². The van der Waals surface area contributed by atoms with Crippen LogP contribution in [-0.4, -0.2) is 69.3 Å². The Morgan fingerprint density at radius 2 is 1.07 bits per heavy atom. The first-order valence-electron chi connectivity index (χ1n) is 22.5. The number of nitriles is 1. The number of ketones is 2. The number of halogens is 2. The molecule has 0 atom stereocenters. The Morgan fingerprint density at radius 1 is 0.629 bits per heavy atom. The lowest BCUT2D eigenvalue weighted by Crippen LogP contribution is -2.38. The van der Waals surface area contributed by atoms with E-state index < -0.39 is 0 Å². The fraction of sp³-hybridized carbons (Fsp3) is 0.259. The molecule has 0 radical (unpaired) electrons. The van der Waals surface area contributed by atoms with Crippen LogP contribution in [0.25, 0.3) is 16.0 Å². The molecule has 0 N–H and O–H groups in total. The fourth-order valence-electron chi connectivity index (χ4n) is 8.26. The minimum absolute atomic E-state index is 0.0195. The number of hydrogen-bond acceptors (Lipinski definition) is 11. The third-order valence-corrected chi connectivity index (χ3v) is 12.9. The van der Waals surface area contributed by atoms with E-state index >= 15 is 0 Å². The number of carbonyl (C=O) groups excluding carboxylic acids is 4. The molecule has 6 aromatic rings. The van der Waals surface area contributed by atoms with Crippen LogP contribution in [0.4, 0.5) is 5.69 Å². The first-order chi connectivity index (χ1) is 33.9. The maximum Gasteiger partial charge on any atom is 0.257 e. The number of ether oxygens (including phenoxy) is 4. The molecule has 4 heterocycles. The van der Waals surface area contributed by atoms with Crippen LogP contribution in [0.1, 0.15) is 85.3 Å². The highest BCUT2D eigenvalue weighted by molar-refractivity contribution is 6.33. The summed E-state index contributed by atoms with van der Waals surface area (Å²) >= 11 is 13.6. The van der Waals surface area contributed by atoms with Gasteiger partial charge in [-0.15, -0.1) is 0 Å². The molecule has 8 rings (SSSR count). The van der Waals surface area contributed by atoms with E-state index in [1.165, 1.54) is 24.5 Å². The van der Waals surface area contributed by atoms with Crippen molar-refractivity contribution in [3.05, 3.63) is 169 Å². The summed E-state index contributed by atoms with van der Waals surface area (Å²) in [7, 11) is 0. The molecule has 0 aliphatic carbocycles. The first kappa shape index (κ1) is 48.7. The van der Waals surface area contributed by atoms with Crippen LogP contribution in [0.3, 0.4) is 0 Å². The van der Waals surface area contributed by atoms with Crippen LogP contribution < -0.4 is 18.9 Å². The van der Waals surface area contributed by atoms with Gasteiger partial charge in [0.1, 0.15) is 67.1 Å². The van der Waals surface area contributed by atoms with Gasteiger partial charge in [-0.1, -0.05) is 59.6 Å². The van der Waals surface area contributed by atoms with Crippen LogP contribution in [0.15, 0.2) is 97.6 Å². The second-order valence-corrected chi connectivity index (χ2v) is 17.7. The second-order valence-electron chi connectivity index (χ2n) is 16.9. The quantitative estimate of drug-likeness (QED) is 0.0899. The molecule has 14 nitrogen and oxygen atoms in total. The van der Waals surface area contributed by atoms with E-state index in [-0.39, 0.29) is 108 Å². The SMILES string of the molecule is [C-]#[N+]c1cncc(COc2cc(OCc3cccc(-c4cccc(COc5cc(OCc6cncc(C#N)c6)c(C(=O)N6CCC(=O)CC6)cc5Cl)c4C)c3C)c(Cl)cc2C(=O)N2CCC(=O)CC2)c1. The molecule has 2 saturated heterocycles. The van der Waals surface area contributed by atoms with E-state index in [0.717, 1.165) is 33.4 Å². The number of carbonyl (C=O) groups is 4. The summed E-state index contributed by atoms with van der Waals surface area (Å²) < 4.78 is 25.1. The second kappa shape index (κ2) is 22.1. The van der Waals surface area contributed by atoms with Crippen LogP contribution in [-0.2, 0) is 36.0 Å². The van der Waals surface area contributed by atoms with Crippen molar-refractivity contribution in [2.45, 2.75) is 66.0 Å². The van der Waals surface area contributed by atoms with Crippen molar-refractivity contribution in [2.75, 3.05) is 26.2 Å². The van der Waals surface area contributed by atoms with E-state index in [0.29, 0.717) is 60.1 Å². The highest BCUT2D eigenvalue weighted by Gasteiger charge is 2.28. The number of Topliss-reactive ketones (excluding diaryl/α,β-unsaturated/α-hetero) is 2. The van der Waals surface area contributed by atoms with Gasteiger partial charge in [0.05, 0.1) is 33.3 Å². The van der Waals surface area contributed by atoms with Crippen molar-refractivity contribution < 1.29 is 38.1 Å². The largest absolute Gasteiger partial charge is 0.488 e. The fourth-order valence-corrected chi connectivity index (χ4v) is 8.70. The molecule has 2 aliphatic heterocycles. The van der Waals surface area contributed by atoms with Gasteiger partial charge in [0.2, 0.25) is 5.69 Å². The summed E-state index contributed by atoms with van der Waals surface area (Å²) in [6.07, 6.45) is 7.19. The molecule has 0 saturated carbocycles. The Labute approximate surface area is 415 Å². The van der Waals surface area contributed by atoms with Gasteiger partial charge in [-0.05, 0) is 77.1 Å². The predicted molar refractivity (Wildman–Crippen MR) is 261 cm³/mol. The minimum atomic E-state index is -0.319. The standard InChI is InChI=1S/C54H46Cl2N6O8/c1-33-38(31-69-51-22-49(67-29-36-18-35(24-57)25-59-26-36)45(20-47(51)55)53(65)61-14-10-41(63)11-15-61)6-4-8-43(33)44-9-5-7-39(34(44)2)32-70-52-23-50(68-30-37-19-40(58-3)28-60-27-37)46(21-48(52)56)54(66)62-16-12-42(64)13-17-62/h4-9,18-23,25-28H,10-17,29-32H2,1-2H3. The van der Waals surface area contributed by atoms with Crippen LogP contribution >= 0.6 is 23.2 Å². The highest BCUT2D eigenvalue weighted by Crippen LogP contribution is 2.38. The van der Waals surface area contributed by atoms with Crippen molar-refractivity contribution >= 4 is 52.3 Å². The van der Waals surface area contributed by atoms with Gasteiger partial charge in [-0.2, -0.15) is 5.26 Å². The average Bonchev–Trinajstić information content (AvgIpc) is 3.38. The number of rotatable bonds is 15. The van der Waals surface area contributed by atoms with E-state index in [2.05, 4.69) is 20.9 Å². The molecule has 2 fully saturated rings. The molecule has 0 spiro atoms. The third kappa shape index (κ3) is 11.4. The maximum absolute atomic E-state index is 13.8. The Bertz CT molecular complexity index is 2880. The zero-order valence-electron chi connectivity index (χ0n) is 38.4. The monoisotopic (exact) mass is 976 g/mol. The zero-order valence-corrected chi connectivity index (χ0v) is 39.9. The number of aromatic nitrogens is 2. The Kier molecular flexibility index (Phi) is 15.4. The van der Waals surface area contributed by atoms with Gasteiger partial charge >= 0.3 is 0 Å². The lowest BCUT2D eigenvalue weighted by atomic mass is 9.92. The van der Waals surface area contributed by atoms with Gasteiger partial charge in [0.15, 0.2) is 0 Å². The maximum atomic E-state index is 13.8. The molecule has 16 heteroatoms. The first-order valence-corrected chi connectivity index (χ1v) is 23.3. The molecular weight excluding hydrogens is 932 g/mol. The molecule has 0 bridgehead atoms. The number of pyridine rings is 2. The predicted octanol–water partition coefficient (Wildman–Crippen LogP) is 10.4. The molecule has 2 aromatic heterocycles. The normalized spacial score (nSPS) is 13.6. The van der Waals surface area contributed by atoms with E-state index in [4.69, 9.17) is 48.7 Å². The lowest BCUT2D eigenvalue weighted by Gasteiger charge is -2.27. The van der Waals surface area contributed by atoms with Gasteiger partial charge < -0.3 is 28.7 Å². The zero-order chi connectivity index (χ0) is 49.3. The molecular formula is C54H46Cl2N6O8. The van der Waals surface area contributed by atoms with Crippen LogP contribution in [0, 0.1) is 31.8 Å². The third-order valence-electron chi connectivity index (χ3n) is 12.3. The smallest absolute Gasteiger partial charge is 0.257 e. The summed E-state index contributed by atoms with van der Waals surface area (Å²) in [5, 5.41) is 9.80. The van der Waals surface area contributed by atoms with Crippen molar-refractivity contribution in [3.63, 3.8) is 0 Å². The van der Waals surface area contributed by atoms with E-state index in [1.807, 2.05) is 50.2 Å². The number of amides is 2. The highest BCUT2D eigenvalue weighted by atomic mass is 35.5. The Morgan fingerprint density at radius 3 is 1.53 bits per heavy atom. The summed E-state index contributed by atoms with van der Waals surface area (Å²) in [4.78, 5) is 66.4. The number of hydrogen-bond donors (Lipinski definition) is 0.